The number of nitrogens with one attached hydrogen (secondary N) is 1. The van der Waals surface area contributed by atoms with Gasteiger partial charge in [0.1, 0.15) is 24.7 Å². The van der Waals surface area contributed by atoms with Gasteiger partial charge in [-0.15, -0.1) is 0 Å². The number of ether oxygens (including phenoxy) is 2. The third-order valence-electron chi connectivity index (χ3n) is 5.41. The van der Waals surface area contributed by atoms with Gasteiger partial charge < -0.3 is 9.47 Å². The van der Waals surface area contributed by atoms with Crippen LogP contribution in [-0.4, -0.2) is 18.9 Å². The fourth-order valence-corrected chi connectivity index (χ4v) is 3.65. The van der Waals surface area contributed by atoms with Crippen LogP contribution in [0.4, 0.5) is 5.69 Å². The molecule has 0 aliphatic heterocycles. The van der Waals surface area contributed by atoms with Crippen LogP contribution in [-0.2, 0) is 0 Å². The van der Waals surface area contributed by atoms with Crippen molar-refractivity contribution >= 4 is 11.4 Å². The van der Waals surface area contributed by atoms with Crippen LogP contribution in [0.15, 0.2) is 85.0 Å². The standard InChI is InChI=1S/C27H26N2O2/c1-5-14-30-20-10-12-22-23-13-11-21(31-15-6-2)17-25(23)27(24(22)16-20)29-28-26-9-7-8-18(3)19(26)4/h5-13,16-17,28H,1-2,14-15H2,3-4H3. The summed E-state index contributed by atoms with van der Waals surface area (Å²) >= 11 is 0. The SMILES string of the molecule is C=CCOc1ccc2c(c1)C(=NNc1cccc(C)c1C)c1cc(OCC=C)ccc1-2. The first-order valence-corrected chi connectivity index (χ1v) is 10.3. The minimum atomic E-state index is 0.457. The number of hydrogen-bond acceptors (Lipinski definition) is 4. The molecule has 4 nitrogen and oxygen atoms in total. The van der Waals surface area contributed by atoms with Gasteiger partial charge in [0.2, 0.25) is 0 Å². The van der Waals surface area contributed by atoms with E-state index in [1.54, 1.807) is 12.2 Å². The molecule has 1 N–H and O–H groups in total. The molecule has 31 heavy (non-hydrogen) atoms. The van der Waals surface area contributed by atoms with E-state index in [-0.39, 0.29) is 0 Å². The lowest BCUT2D eigenvalue weighted by atomic mass is 10.1. The number of anilines is 1. The summed E-state index contributed by atoms with van der Waals surface area (Å²) in [6.45, 7) is 12.6. The van der Waals surface area contributed by atoms with Crippen LogP contribution in [0.25, 0.3) is 11.1 Å². The highest BCUT2D eigenvalue weighted by molar-refractivity contribution is 6.25. The van der Waals surface area contributed by atoms with Gasteiger partial charge in [-0.3, -0.25) is 5.43 Å². The number of fused-ring (bicyclic) bond motifs is 3. The molecule has 3 aromatic rings. The summed E-state index contributed by atoms with van der Waals surface area (Å²) in [5, 5.41) is 4.84. The fourth-order valence-electron chi connectivity index (χ4n) is 3.65. The molecule has 0 saturated carbocycles. The summed E-state index contributed by atoms with van der Waals surface area (Å²) < 4.78 is 11.5. The van der Waals surface area contributed by atoms with Gasteiger partial charge in [0.05, 0.1) is 11.4 Å². The summed E-state index contributed by atoms with van der Waals surface area (Å²) in [6, 6.07) is 18.4. The molecule has 0 heterocycles. The van der Waals surface area contributed by atoms with Crippen molar-refractivity contribution in [3.8, 4) is 22.6 Å². The fraction of sp³-hybridized carbons (Fsp3) is 0.148. The molecular formula is C27H26N2O2. The van der Waals surface area contributed by atoms with Gasteiger partial charge in [0, 0.05) is 11.1 Å². The first kappa shape index (κ1) is 20.5. The van der Waals surface area contributed by atoms with Crippen molar-refractivity contribution in [3.63, 3.8) is 0 Å². The van der Waals surface area contributed by atoms with Gasteiger partial charge in [-0.2, -0.15) is 5.10 Å². The summed E-state index contributed by atoms with van der Waals surface area (Å²) in [4.78, 5) is 0. The molecule has 0 aromatic heterocycles. The molecule has 0 spiro atoms. The molecule has 0 radical (unpaired) electrons. The third-order valence-corrected chi connectivity index (χ3v) is 5.41. The number of hydrogen-bond donors (Lipinski definition) is 1. The molecule has 0 unspecified atom stereocenters. The molecule has 1 aliphatic rings. The second-order valence-corrected chi connectivity index (χ2v) is 7.43. The number of nitrogens with zero attached hydrogens (tertiary/aromatic N) is 1. The quantitative estimate of drug-likeness (QED) is 0.275. The van der Waals surface area contributed by atoms with E-state index >= 15 is 0 Å². The van der Waals surface area contributed by atoms with Crippen LogP contribution in [0.3, 0.4) is 0 Å². The maximum absolute atomic E-state index is 5.77. The lowest BCUT2D eigenvalue weighted by Crippen LogP contribution is -2.05. The Hall–Kier alpha value is -3.79. The van der Waals surface area contributed by atoms with Gasteiger partial charge in [0.25, 0.3) is 0 Å². The number of benzene rings is 3. The van der Waals surface area contributed by atoms with Crippen molar-refractivity contribution in [2.75, 3.05) is 18.6 Å². The smallest absolute Gasteiger partial charge is 0.120 e. The molecule has 4 heteroatoms. The van der Waals surface area contributed by atoms with E-state index in [9.17, 15) is 0 Å². The van der Waals surface area contributed by atoms with Crippen molar-refractivity contribution in [1.82, 2.24) is 0 Å². The first-order valence-electron chi connectivity index (χ1n) is 10.3. The lowest BCUT2D eigenvalue weighted by molar-refractivity contribution is 0.363. The second kappa shape index (κ2) is 8.92. The average molecular weight is 411 g/mol. The first-order chi connectivity index (χ1) is 15.1. The normalized spacial score (nSPS) is 11.4. The number of aryl methyl sites for hydroxylation is 1. The summed E-state index contributed by atoms with van der Waals surface area (Å²) in [5.41, 5.74) is 11.8. The Bertz CT molecular complexity index is 1110. The Labute approximate surface area is 183 Å². The minimum absolute atomic E-state index is 0.457. The summed E-state index contributed by atoms with van der Waals surface area (Å²) in [7, 11) is 0. The number of rotatable bonds is 8. The Morgan fingerprint density at radius 1 is 0.806 bits per heavy atom. The van der Waals surface area contributed by atoms with E-state index in [0.717, 1.165) is 45.2 Å². The van der Waals surface area contributed by atoms with Crippen LogP contribution < -0.4 is 14.9 Å². The van der Waals surface area contributed by atoms with E-state index in [4.69, 9.17) is 14.6 Å². The van der Waals surface area contributed by atoms with E-state index in [0.29, 0.717) is 13.2 Å². The Balaban J connectivity index is 1.79. The van der Waals surface area contributed by atoms with E-state index < -0.39 is 0 Å². The highest BCUT2D eigenvalue weighted by Crippen LogP contribution is 2.40. The zero-order valence-electron chi connectivity index (χ0n) is 17.9. The van der Waals surface area contributed by atoms with Crippen molar-refractivity contribution in [2.24, 2.45) is 5.10 Å². The Kier molecular flexibility index (Phi) is 5.89. The van der Waals surface area contributed by atoms with Crippen LogP contribution in [0.5, 0.6) is 11.5 Å². The van der Waals surface area contributed by atoms with Gasteiger partial charge >= 0.3 is 0 Å². The maximum atomic E-state index is 5.77. The molecular weight excluding hydrogens is 384 g/mol. The average Bonchev–Trinajstić information content (AvgIpc) is 3.09. The third kappa shape index (κ3) is 4.10. The molecule has 1 aliphatic carbocycles. The van der Waals surface area contributed by atoms with Crippen LogP contribution >= 0.6 is 0 Å². The van der Waals surface area contributed by atoms with Gasteiger partial charge in [-0.1, -0.05) is 37.4 Å². The molecule has 4 rings (SSSR count). The van der Waals surface area contributed by atoms with E-state index in [1.165, 1.54) is 11.1 Å². The highest BCUT2D eigenvalue weighted by Gasteiger charge is 2.26. The van der Waals surface area contributed by atoms with E-state index in [1.807, 2.05) is 36.4 Å². The molecule has 0 fully saturated rings. The van der Waals surface area contributed by atoms with Crippen molar-refractivity contribution in [1.29, 1.82) is 0 Å². The Morgan fingerprint density at radius 3 is 1.94 bits per heavy atom. The zero-order chi connectivity index (χ0) is 21.8. The maximum Gasteiger partial charge on any atom is 0.120 e. The van der Waals surface area contributed by atoms with Crippen LogP contribution in [0.2, 0.25) is 0 Å². The predicted octanol–water partition coefficient (Wildman–Crippen LogP) is 6.28. The second-order valence-electron chi connectivity index (χ2n) is 7.43. The van der Waals surface area contributed by atoms with Crippen molar-refractivity contribution in [3.05, 3.63) is 102 Å². The number of hydrazone groups is 1. The topological polar surface area (TPSA) is 42.8 Å². The monoisotopic (exact) mass is 410 g/mol. The van der Waals surface area contributed by atoms with E-state index in [2.05, 4.69) is 50.6 Å². The van der Waals surface area contributed by atoms with Gasteiger partial charge in [-0.25, -0.2) is 0 Å². The molecule has 0 atom stereocenters. The van der Waals surface area contributed by atoms with Crippen molar-refractivity contribution < 1.29 is 9.47 Å². The molecule has 0 bridgehead atoms. The highest BCUT2D eigenvalue weighted by atomic mass is 16.5. The van der Waals surface area contributed by atoms with Gasteiger partial charge in [-0.05, 0) is 78.6 Å². The summed E-state index contributed by atoms with van der Waals surface area (Å²) in [5.74, 6) is 1.57. The largest absolute Gasteiger partial charge is 0.490 e. The van der Waals surface area contributed by atoms with Crippen LogP contribution in [0.1, 0.15) is 22.3 Å². The minimum Gasteiger partial charge on any atom is -0.490 e. The van der Waals surface area contributed by atoms with Gasteiger partial charge in [0.15, 0.2) is 0 Å². The van der Waals surface area contributed by atoms with Crippen LogP contribution in [0, 0.1) is 13.8 Å². The molecule has 0 amide bonds. The Morgan fingerprint density at radius 2 is 1.39 bits per heavy atom. The molecule has 3 aromatic carbocycles. The molecule has 156 valence electrons. The predicted molar refractivity (Wildman–Crippen MR) is 128 cm³/mol. The molecule has 0 saturated heterocycles. The summed E-state index contributed by atoms with van der Waals surface area (Å²) in [6.07, 6.45) is 3.48. The van der Waals surface area contributed by atoms with Crippen molar-refractivity contribution in [2.45, 2.75) is 13.8 Å². The zero-order valence-corrected chi connectivity index (χ0v) is 17.9. The lowest BCUT2D eigenvalue weighted by Gasteiger charge is -2.10.